The molecule has 2 amide bonds. The lowest BCUT2D eigenvalue weighted by molar-refractivity contribution is -0.138. The van der Waals surface area contributed by atoms with Gasteiger partial charge < -0.3 is 20.3 Å². The summed E-state index contributed by atoms with van der Waals surface area (Å²) in [5.74, 6) is -0.0506. The Bertz CT molecular complexity index is 340. The van der Waals surface area contributed by atoms with Crippen LogP contribution in [0.15, 0.2) is 0 Å². The minimum atomic E-state index is -0.385. The third-order valence-corrected chi connectivity index (χ3v) is 3.91. The summed E-state index contributed by atoms with van der Waals surface area (Å²) in [4.78, 5) is 25.8. The van der Waals surface area contributed by atoms with Gasteiger partial charge >= 0.3 is 0 Å². The summed E-state index contributed by atoms with van der Waals surface area (Å²) >= 11 is 0. The number of piperidine rings is 1. The number of hydrogen-bond donors (Lipinski definition) is 2. The van der Waals surface area contributed by atoms with Crippen LogP contribution in [-0.4, -0.2) is 62.7 Å². The molecule has 116 valence electrons. The molecular formula is C13H24ClN3O3. The van der Waals surface area contributed by atoms with Crippen LogP contribution in [0.5, 0.6) is 0 Å². The van der Waals surface area contributed by atoms with Crippen molar-refractivity contribution in [3.05, 3.63) is 0 Å². The molecule has 2 saturated heterocycles. The van der Waals surface area contributed by atoms with Crippen LogP contribution in [0.2, 0.25) is 0 Å². The number of halogens is 1. The first-order valence-corrected chi connectivity index (χ1v) is 6.96. The van der Waals surface area contributed by atoms with E-state index in [0.717, 1.165) is 19.4 Å². The number of carbonyl (C=O) groups excluding carboxylic acids is 2. The number of morpholine rings is 1. The lowest BCUT2D eigenvalue weighted by Gasteiger charge is -2.33. The fourth-order valence-electron chi connectivity index (χ4n) is 2.54. The van der Waals surface area contributed by atoms with Gasteiger partial charge in [0.1, 0.15) is 0 Å². The van der Waals surface area contributed by atoms with Gasteiger partial charge in [0, 0.05) is 19.6 Å². The summed E-state index contributed by atoms with van der Waals surface area (Å²) in [6.45, 7) is 6.10. The van der Waals surface area contributed by atoms with Crippen molar-refractivity contribution < 1.29 is 14.3 Å². The molecule has 0 spiro atoms. The second-order valence-corrected chi connectivity index (χ2v) is 5.52. The van der Waals surface area contributed by atoms with Crippen LogP contribution in [0, 0.1) is 5.41 Å². The number of amides is 2. The van der Waals surface area contributed by atoms with Crippen LogP contribution < -0.4 is 10.6 Å². The highest BCUT2D eigenvalue weighted by Crippen LogP contribution is 2.25. The Hall–Kier alpha value is -0.850. The number of carbonyl (C=O) groups is 2. The van der Waals surface area contributed by atoms with Crippen molar-refractivity contribution in [3.8, 4) is 0 Å². The molecule has 1 atom stereocenters. The first-order valence-electron chi connectivity index (χ1n) is 6.96. The maximum absolute atomic E-state index is 12.2. The molecule has 0 saturated carbocycles. The largest absolute Gasteiger partial charge is 0.378 e. The lowest BCUT2D eigenvalue weighted by Crippen LogP contribution is -2.51. The maximum atomic E-state index is 12.2. The zero-order valence-electron chi connectivity index (χ0n) is 11.9. The van der Waals surface area contributed by atoms with Gasteiger partial charge in [0.2, 0.25) is 11.8 Å². The number of nitrogens with zero attached hydrogens (tertiary/aromatic N) is 1. The van der Waals surface area contributed by atoms with E-state index < -0.39 is 0 Å². The van der Waals surface area contributed by atoms with E-state index in [1.807, 2.05) is 6.92 Å². The molecule has 0 aliphatic carbocycles. The Morgan fingerprint density at radius 1 is 1.35 bits per heavy atom. The monoisotopic (exact) mass is 305 g/mol. The number of hydrogen-bond acceptors (Lipinski definition) is 4. The van der Waals surface area contributed by atoms with Crippen molar-refractivity contribution in [3.63, 3.8) is 0 Å². The third-order valence-electron chi connectivity index (χ3n) is 3.91. The molecule has 0 radical (unpaired) electrons. The van der Waals surface area contributed by atoms with E-state index >= 15 is 0 Å². The smallest absolute Gasteiger partial charge is 0.242 e. The number of ether oxygens (including phenoxy) is 1. The van der Waals surface area contributed by atoms with Gasteiger partial charge in [-0.15, -0.1) is 12.4 Å². The summed E-state index contributed by atoms with van der Waals surface area (Å²) in [7, 11) is 0. The molecule has 7 heteroatoms. The van der Waals surface area contributed by atoms with E-state index in [-0.39, 0.29) is 36.2 Å². The van der Waals surface area contributed by atoms with E-state index in [2.05, 4.69) is 10.6 Å². The van der Waals surface area contributed by atoms with E-state index in [4.69, 9.17) is 4.74 Å². The topological polar surface area (TPSA) is 70.7 Å². The molecule has 6 nitrogen and oxygen atoms in total. The highest BCUT2D eigenvalue weighted by molar-refractivity contribution is 5.88. The normalized spacial score (nSPS) is 26.6. The third kappa shape index (κ3) is 4.33. The highest BCUT2D eigenvalue weighted by atomic mass is 35.5. The molecular weight excluding hydrogens is 282 g/mol. The van der Waals surface area contributed by atoms with Crippen molar-refractivity contribution >= 4 is 24.2 Å². The van der Waals surface area contributed by atoms with Gasteiger partial charge in [0.15, 0.2) is 0 Å². The van der Waals surface area contributed by atoms with Crippen LogP contribution in [-0.2, 0) is 14.3 Å². The van der Waals surface area contributed by atoms with Crippen LogP contribution in [0.25, 0.3) is 0 Å². The maximum Gasteiger partial charge on any atom is 0.242 e. The number of rotatable bonds is 3. The minimum Gasteiger partial charge on any atom is -0.378 e. The second-order valence-electron chi connectivity index (χ2n) is 5.52. The molecule has 0 aromatic carbocycles. The quantitative estimate of drug-likeness (QED) is 0.756. The van der Waals surface area contributed by atoms with Gasteiger partial charge in [-0.2, -0.15) is 0 Å². The average molecular weight is 306 g/mol. The first kappa shape index (κ1) is 17.2. The molecule has 2 fully saturated rings. The Morgan fingerprint density at radius 2 is 2.05 bits per heavy atom. The molecule has 2 N–H and O–H groups in total. The zero-order valence-corrected chi connectivity index (χ0v) is 12.8. The summed E-state index contributed by atoms with van der Waals surface area (Å²) in [6, 6.07) is 0. The van der Waals surface area contributed by atoms with Crippen LogP contribution in [0.3, 0.4) is 0 Å². The van der Waals surface area contributed by atoms with E-state index in [9.17, 15) is 9.59 Å². The fraction of sp³-hybridized carbons (Fsp3) is 0.846. The summed E-state index contributed by atoms with van der Waals surface area (Å²) in [6.07, 6.45) is 1.87. The Kier molecular flexibility index (Phi) is 6.71. The van der Waals surface area contributed by atoms with Crippen molar-refractivity contribution in [1.29, 1.82) is 0 Å². The van der Waals surface area contributed by atoms with Gasteiger partial charge in [-0.3, -0.25) is 9.59 Å². The van der Waals surface area contributed by atoms with Gasteiger partial charge in [-0.1, -0.05) is 0 Å². The Labute approximate surface area is 126 Å². The molecule has 0 aromatic rings. The van der Waals surface area contributed by atoms with E-state index in [1.165, 1.54) is 0 Å². The summed E-state index contributed by atoms with van der Waals surface area (Å²) in [5, 5.41) is 6.01. The SMILES string of the molecule is CC1(C(=O)NCC(=O)N2CCOCC2)CCCNC1.Cl. The number of nitrogens with one attached hydrogen (secondary N) is 2. The molecule has 0 bridgehead atoms. The fourth-order valence-corrected chi connectivity index (χ4v) is 2.54. The standard InChI is InChI=1S/C13H23N3O3.ClH/c1-13(3-2-4-14-10-13)12(18)15-9-11(17)16-5-7-19-8-6-16;/h14H,2-10H2,1H3,(H,15,18);1H. The van der Waals surface area contributed by atoms with Crippen molar-refractivity contribution in [2.45, 2.75) is 19.8 Å². The molecule has 2 heterocycles. The predicted octanol–water partition coefficient (Wildman–Crippen LogP) is -0.227. The molecule has 2 rings (SSSR count). The average Bonchev–Trinajstić information content (AvgIpc) is 2.46. The van der Waals surface area contributed by atoms with Gasteiger partial charge in [-0.05, 0) is 26.3 Å². The molecule has 2 aliphatic rings. The second kappa shape index (κ2) is 7.81. The van der Waals surface area contributed by atoms with Crippen LogP contribution in [0.1, 0.15) is 19.8 Å². The van der Waals surface area contributed by atoms with Crippen LogP contribution in [0.4, 0.5) is 0 Å². The van der Waals surface area contributed by atoms with Crippen molar-refractivity contribution in [2.24, 2.45) is 5.41 Å². The van der Waals surface area contributed by atoms with Gasteiger partial charge in [0.25, 0.3) is 0 Å². The van der Waals surface area contributed by atoms with E-state index in [0.29, 0.717) is 32.8 Å². The van der Waals surface area contributed by atoms with E-state index in [1.54, 1.807) is 4.90 Å². The molecule has 0 aromatic heterocycles. The Morgan fingerprint density at radius 3 is 2.65 bits per heavy atom. The summed E-state index contributed by atoms with van der Waals surface area (Å²) < 4.78 is 5.20. The predicted molar refractivity (Wildman–Crippen MR) is 77.9 cm³/mol. The molecule has 2 aliphatic heterocycles. The minimum absolute atomic E-state index is 0. The lowest BCUT2D eigenvalue weighted by atomic mass is 9.82. The van der Waals surface area contributed by atoms with Crippen LogP contribution >= 0.6 is 12.4 Å². The van der Waals surface area contributed by atoms with Gasteiger partial charge in [0.05, 0.1) is 25.2 Å². The summed E-state index contributed by atoms with van der Waals surface area (Å²) in [5.41, 5.74) is -0.385. The van der Waals surface area contributed by atoms with Crippen molar-refractivity contribution in [1.82, 2.24) is 15.5 Å². The van der Waals surface area contributed by atoms with Crippen molar-refractivity contribution in [2.75, 3.05) is 45.9 Å². The first-order chi connectivity index (χ1) is 9.12. The zero-order chi connectivity index (χ0) is 13.7. The highest BCUT2D eigenvalue weighted by Gasteiger charge is 2.34. The Balaban J connectivity index is 0.00000200. The molecule has 1 unspecified atom stereocenters. The molecule has 20 heavy (non-hydrogen) atoms. The van der Waals surface area contributed by atoms with Gasteiger partial charge in [-0.25, -0.2) is 0 Å².